The molecule has 1 unspecified atom stereocenters. The van der Waals surface area contributed by atoms with Crippen LogP contribution in [0.25, 0.3) is 0 Å². The molecule has 0 fully saturated rings. The number of methoxy groups -OCH3 is 2. The van der Waals surface area contributed by atoms with E-state index in [0.29, 0.717) is 37.2 Å². The molecule has 1 atom stereocenters. The van der Waals surface area contributed by atoms with Gasteiger partial charge < -0.3 is 19.3 Å². The van der Waals surface area contributed by atoms with Crippen LogP contribution in [-0.2, 0) is 19.5 Å². The van der Waals surface area contributed by atoms with Crippen molar-refractivity contribution in [1.82, 2.24) is 9.88 Å². The van der Waals surface area contributed by atoms with Gasteiger partial charge in [0.05, 0.1) is 29.8 Å². The van der Waals surface area contributed by atoms with Gasteiger partial charge in [0.25, 0.3) is 5.91 Å². The third-order valence-corrected chi connectivity index (χ3v) is 8.88. The maximum atomic E-state index is 14.5. The number of carbonyl (C=O) groups is 1. The van der Waals surface area contributed by atoms with Crippen LogP contribution in [-0.4, -0.2) is 36.6 Å². The predicted molar refractivity (Wildman–Crippen MR) is 162 cm³/mol. The summed E-state index contributed by atoms with van der Waals surface area (Å²) >= 11 is 9.59. The number of aromatic nitrogens is 1. The van der Waals surface area contributed by atoms with Crippen LogP contribution in [0.15, 0.2) is 77.4 Å². The zero-order chi connectivity index (χ0) is 29.1. The average molecular weight is 639 g/mol. The second kappa shape index (κ2) is 12.5. The quantitative estimate of drug-likeness (QED) is 0.177. The van der Waals surface area contributed by atoms with Crippen molar-refractivity contribution in [2.45, 2.75) is 32.5 Å². The lowest BCUT2D eigenvalue weighted by atomic mass is 9.95. The molecule has 6 nitrogen and oxygen atoms in total. The molecule has 3 aromatic carbocycles. The molecule has 0 saturated carbocycles. The summed E-state index contributed by atoms with van der Waals surface area (Å²) in [6.45, 7) is 3.60. The average Bonchev–Trinajstić information content (AvgIpc) is 3.00. The largest absolute Gasteiger partial charge is 0.497 e. The maximum Gasteiger partial charge on any atom is 0.254 e. The minimum atomic E-state index is -0.552. The third-order valence-electron chi connectivity index (χ3n) is 7.46. The molecule has 0 N–H and O–H groups in total. The van der Waals surface area contributed by atoms with Gasteiger partial charge in [-0.15, -0.1) is 0 Å². The lowest BCUT2D eigenvalue weighted by Crippen LogP contribution is -2.40. The van der Waals surface area contributed by atoms with E-state index in [1.54, 1.807) is 25.3 Å². The molecule has 1 aliphatic heterocycles. The summed E-state index contributed by atoms with van der Waals surface area (Å²) < 4.78 is 25.4. The normalized spacial score (nSPS) is 13.5. The Bertz CT molecular complexity index is 1500. The summed E-state index contributed by atoms with van der Waals surface area (Å²) in [4.78, 5) is 22.4. The SMILES string of the molecule is COc1ccc(CN(Cc2ccc(OC)cc2)c2ncccc2C(C)N2CCc3c(cc(F)c(Br)c3Cl)C2=O)cc1. The van der Waals surface area contributed by atoms with E-state index in [9.17, 15) is 9.18 Å². The molecule has 0 spiro atoms. The first-order valence-electron chi connectivity index (χ1n) is 13.2. The van der Waals surface area contributed by atoms with E-state index in [4.69, 9.17) is 26.1 Å². The Morgan fingerprint density at radius 2 is 1.61 bits per heavy atom. The van der Waals surface area contributed by atoms with Gasteiger partial charge in [0, 0.05) is 37.0 Å². The van der Waals surface area contributed by atoms with Gasteiger partial charge in [-0.05, 0) is 82.4 Å². The highest BCUT2D eigenvalue weighted by Crippen LogP contribution is 2.38. The van der Waals surface area contributed by atoms with Crippen LogP contribution in [0.4, 0.5) is 10.2 Å². The summed E-state index contributed by atoms with van der Waals surface area (Å²) in [5.74, 6) is 1.54. The van der Waals surface area contributed by atoms with Crippen molar-refractivity contribution in [3.8, 4) is 11.5 Å². The number of pyridine rings is 1. The topological polar surface area (TPSA) is 54.9 Å². The van der Waals surface area contributed by atoms with E-state index < -0.39 is 5.82 Å². The monoisotopic (exact) mass is 637 g/mol. The van der Waals surface area contributed by atoms with Crippen LogP contribution in [0.3, 0.4) is 0 Å². The number of amides is 1. The molecular formula is C32H30BrClFN3O3. The van der Waals surface area contributed by atoms with Crippen LogP contribution in [0.5, 0.6) is 11.5 Å². The van der Waals surface area contributed by atoms with Crippen molar-refractivity contribution in [2.24, 2.45) is 0 Å². The van der Waals surface area contributed by atoms with Crippen LogP contribution >= 0.6 is 27.5 Å². The first kappa shape index (κ1) is 28.9. The number of hydrogen-bond donors (Lipinski definition) is 0. The number of benzene rings is 3. The molecule has 5 rings (SSSR count). The Labute approximate surface area is 252 Å². The fourth-order valence-corrected chi connectivity index (χ4v) is 5.84. The fourth-order valence-electron chi connectivity index (χ4n) is 5.20. The molecule has 1 aromatic heterocycles. The van der Waals surface area contributed by atoms with Gasteiger partial charge in [-0.1, -0.05) is 41.9 Å². The van der Waals surface area contributed by atoms with Crippen molar-refractivity contribution in [3.63, 3.8) is 0 Å². The second-order valence-electron chi connectivity index (χ2n) is 9.91. The van der Waals surface area contributed by atoms with Crippen molar-refractivity contribution < 1.29 is 18.7 Å². The van der Waals surface area contributed by atoms with E-state index in [1.165, 1.54) is 6.07 Å². The van der Waals surface area contributed by atoms with Crippen molar-refractivity contribution >= 4 is 39.3 Å². The fraction of sp³-hybridized carbons (Fsp3) is 0.250. The molecule has 0 aliphatic carbocycles. The highest BCUT2D eigenvalue weighted by atomic mass is 79.9. The zero-order valence-corrected chi connectivity index (χ0v) is 25.4. The smallest absolute Gasteiger partial charge is 0.254 e. The van der Waals surface area contributed by atoms with Gasteiger partial charge in [-0.3, -0.25) is 4.79 Å². The molecule has 9 heteroatoms. The summed E-state index contributed by atoms with van der Waals surface area (Å²) in [5.41, 5.74) is 4.03. The molecule has 1 aliphatic rings. The van der Waals surface area contributed by atoms with Gasteiger partial charge in [0.15, 0.2) is 0 Å². The molecule has 41 heavy (non-hydrogen) atoms. The highest BCUT2D eigenvalue weighted by Gasteiger charge is 2.33. The first-order valence-corrected chi connectivity index (χ1v) is 14.4. The summed E-state index contributed by atoms with van der Waals surface area (Å²) in [5, 5.41) is 0.257. The van der Waals surface area contributed by atoms with Crippen molar-refractivity contribution in [3.05, 3.63) is 116 Å². The molecule has 212 valence electrons. The molecule has 4 aromatic rings. The minimum absolute atomic E-state index is 0.189. The standard InChI is InChI=1S/C32H30BrClFN3O3/c1-20(38-16-14-26-27(32(38)39)17-28(35)29(33)30(26)34)25-5-4-15-36-31(25)37(18-21-6-10-23(40-2)11-7-21)19-22-8-12-24(41-3)13-9-22/h4-13,15,17,20H,14,16,18-19H2,1-3H3. The molecular weight excluding hydrogens is 609 g/mol. The molecule has 1 amide bonds. The Balaban J connectivity index is 1.50. The number of carbonyl (C=O) groups excluding carboxylic acids is 1. The second-order valence-corrected chi connectivity index (χ2v) is 11.1. The van der Waals surface area contributed by atoms with E-state index in [2.05, 4.69) is 20.8 Å². The minimum Gasteiger partial charge on any atom is -0.497 e. The summed E-state index contributed by atoms with van der Waals surface area (Å²) in [6, 6.07) is 20.7. The van der Waals surface area contributed by atoms with Crippen molar-refractivity contribution in [2.75, 3.05) is 25.7 Å². The third kappa shape index (κ3) is 6.04. The zero-order valence-electron chi connectivity index (χ0n) is 23.0. The molecule has 0 bridgehead atoms. The van der Waals surface area contributed by atoms with Gasteiger partial charge in [0.1, 0.15) is 23.1 Å². The number of anilines is 1. The number of rotatable bonds is 9. The van der Waals surface area contributed by atoms with Gasteiger partial charge in [-0.25, -0.2) is 9.37 Å². The van der Waals surface area contributed by atoms with E-state index in [0.717, 1.165) is 34.0 Å². The van der Waals surface area contributed by atoms with Gasteiger partial charge >= 0.3 is 0 Å². The van der Waals surface area contributed by atoms with Crippen LogP contribution in [0.2, 0.25) is 5.02 Å². The van der Waals surface area contributed by atoms with Crippen LogP contribution < -0.4 is 14.4 Å². The Hall–Kier alpha value is -3.62. The predicted octanol–water partition coefficient (Wildman–Crippen LogP) is 7.62. The maximum absolute atomic E-state index is 14.5. The summed E-state index contributed by atoms with van der Waals surface area (Å²) in [6.07, 6.45) is 2.29. The van der Waals surface area contributed by atoms with E-state index in [1.807, 2.05) is 67.6 Å². The molecule has 0 saturated heterocycles. The van der Waals surface area contributed by atoms with E-state index >= 15 is 0 Å². The number of hydrogen-bond acceptors (Lipinski definition) is 5. The highest BCUT2D eigenvalue weighted by molar-refractivity contribution is 9.10. The Morgan fingerprint density at radius 3 is 2.17 bits per heavy atom. The first-order chi connectivity index (χ1) is 19.8. The van der Waals surface area contributed by atoms with Gasteiger partial charge in [-0.2, -0.15) is 0 Å². The van der Waals surface area contributed by atoms with Crippen molar-refractivity contribution in [1.29, 1.82) is 0 Å². The number of halogens is 3. The van der Waals surface area contributed by atoms with E-state index in [-0.39, 0.29) is 21.4 Å². The summed E-state index contributed by atoms with van der Waals surface area (Å²) in [7, 11) is 3.29. The number of nitrogens with zero attached hydrogens (tertiary/aromatic N) is 3. The number of ether oxygens (including phenoxy) is 2. The van der Waals surface area contributed by atoms with Gasteiger partial charge in [0.2, 0.25) is 0 Å². The lowest BCUT2D eigenvalue weighted by Gasteiger charge is -2.36. The van der Waals surface area contributed by atoms with Crippen LogP contribution in [0, 0.1) is 5.82 Å². The molecule has 0 radical (unpaired) electrons. The van der Waals surface area contributed by atoms with Crippen LogP contribution in [0.1, 0.15) is 45.6 Å². The Morgan fingerprint density at radius 1 is 1.02 bits per heavy atom. The number of fused-ring (bicyclic) bond motifs is 1. The molecule has 2 heterocycles. The lowest BCUT2D eigenvalue weighted by molar-refractivity contribution is 0.0672. The Kier molecular flexibility index (Phi) is 8.80.